The van der Waals surface area contributed by atoms with Crippen molar-refractivity contribution in [1.29, 1.82) is 0 Å². The second-order valence-corrected chi connectivity index (χ2v) is 10.6. The molecule has 0 aliphatic rings. The van der Waals surface area contributed by atoms with Gasteiger partial charge in [0, 0.05) is 25.5 Å². The third kappa shape index (κ3) is 10.2. The Labute approximate surface area is 249 Å². The second-order valence-electron chi connectivity index (χ2n) is 9.62. The highest BCUT2D eigenvalue weighted by Crippen LogP contribution is 2.18. The molecule has 12 nitrogen and oxygen atoms in total. The predicted octanol–water partition coefficient (Wildman–Crippen LogP) is 0.268. The van der Waals surface area contributed by atoms with E-state index in [2.05, 4.69) is 16.2 Å². The summed E-state index contributed by atoms with van der Waals surface area (Å²) in [4.78, 5) is 65.7. The first-order valence-corrected chi connectivity index (χ1v) is 14.9. The minimum absolute atomic E-state index is 0.0452. The van der Waals surface area contributed by atoms with E-state index in [1.807, 2.05) is 6.26 Å². The van der Waals surface area contributed by atoms with Crippen molar-refractivity contribution in [2.75, 3.05) is 25.1 Å². The predicted molar refractivity (Wildman–Crippen MR) is 161 cm³/mol. The zero-order chi connectivity index (χ0) is 31.2. The summed E-state index contributed by atoms with van der Waals surface area (Å²) < 4.78 is 0. The number of aromatic hydroxyl groups is 1. The summed E-state index contributed by atoms with van der Waals surface area (Å²) in [6.07, 6.45) is 2.28. The topological polar surface area (TPSA) is 197 Å². The summed E-state index contributed by atoms with van der Waals surface area (Å²) >= 11 is 1.49. The van der Waals surface area contributed by atoms with Crippen molar-refractivity contribution in [3.8, 4) is 5.75 Å². The lowest BCUT2D eigenvalue weighted by atomic mass is 9.95. The van der Waals surface area contributed by atoms with E-state index in [4.69, 9.17) is 11.5 Å². The van der Waals surface area contributed by atoms with Gasteiger partial charge in [0.2, 0.25) is 17.7 Å². The van der Waals surface area contributed by atoms with E-state index in [1.54, 1.807) is 43.3 Å². The Hall–Kier alpha value is -3.94. The molecule has 0 unspecified atom stereocenters. The third-order valence-corrected chi connectivity index (χ3v) is 7.18. The van der Waals surface area contributed by atoms with E-state index in [0.29, 0.717) is 16.9 Å². The quantitative estimate of drug-likeness (QED) is 0.123. The molecule has 8 N–H and O–H groups in total. The van der Waals surface area contributed by atoms with Crippen LogP contribution in [0.1, 0.15) is 41.8 Å². The number of phenols is 1. The SMILES string of the molecule is CCN(C(=O)[C@H](CCSC)NC(=O)[C@@H](N)Cc1ccc(O)cc1)[C@@H](Cc1ccccc1C(=O)CN)C(=O)NNC(C)=O. The number of phenolic OH excluding ortho intramolecular Hbond substituents is 1. The molecule has 42 heavy (non-hydrogen) atoms. The van der Waals surface area contributed by atoms with Crippen LogP contribution in [0.5, 0.6) is 5.75 Å². The summed E-state index contributed by atoms with van der Waals surface area (Å²) in [7, 11) is 0. The maximum absolute atomic E-state index is 14.0. The number of Topliss-reactive ketones (excluding diaryl/α,β-unsaturated/α-hetero) is 1. The van der Waals surface area contributed by atoms with Gasteiger partial charge in [-0.2, -0.15) is 11.8 Å². The van der Waals surface area contributed by atoms with Gasteiger partial charge in [0.15, 0.2) is 5.78 Å². The minimum atomic E-state index is -1.14. The lowest BCUT2D eigenvalue weighted by molar-refractivity contribution is -0.144. The molecule has 4 amide bonds. The minimum Gasteiger partial charge on any atom is -0.508 e. The van der Waals surface area contributed by atoms with Crippen LogP contribution in [0.15, 0.2) is 48.5 Å². The molecule has 0 saturated carbocycles. The van der Waals surface area contributed by atoms with Gasteiger partial charge in [0.1, 0.15) is 17.8 Å². The van der Waals surface area contributed by atoms with Gasteiger partial charge in [-0.25, -0.2) is 0 Å². The van der Waals surface area contributed by atoms with Crippen LogP contribution in [-0.2, 0) is 32.0 Å². The van der Waals surface area contributed by atoms with E-state index >= 15 is 0 Å². The molecule has 0 aliphatic heterocycles. The van der Waals surface area contributed by atoms with Crippen LogP contribution in [0.25, 0.3) is 0 Å². The van der Waals surface area contributed by atoms with Crippen molar-refractivity contribution in [3.63, 3.8) is 0 Å². The zero-order valence-electron chi connectivity index (χ0n) is 24.1. The molecule has 0 fully saturated rings. The van der Waals surface area contributed by atoms with E-state index in [0.717, 1.165) is 5.56 Å². The standard InChI is InChI=1S/C29H40N6O6S/c1-4-35(25(28(40)34-33-18(2)36)16-20-7-5-6-8-22(20)26(38)17-30)29(41)24(13-14-42-3)32-27(39)23(31)15-19-9-11-21(37)12-10-19/h5-12,23-25,37H,4,13-17,30-31H2,1-3H3,(H,32,39)(H,33,36)(H,34,40)/t23-,24-,25-/m0/s1. The van der Waals surface area contributed by atoms with Crippen LogP contribution >= 0.6 is 11.8 Å². The molecule has 13 heteroatoms. The number of carbonyl (C=O) groups is 5. The number of likely N-dealkylation sites (N-methyl/N-ethyl adjacent to an activating group) is 1. The summed E-state index contributed by atoms with van der Waals surface area (Å²) in [5, 5.41) is 12.3. The molecule has 2 aromatic rings. The number of ketones is 1. The number of hydrogen-bond acceptors (Lipinski definition) is 9. The van der Waals surface area contributed by atoms with Crippen LogP contribution in [0.3, 0.4) is 0 Å². The van der Waals surface area contributed by atoms with Crippen LogP contribution in [-0.4, -0.2) is 82.6 Å². The van der Waals surface area contributed by atoms with Gasteiger partial charge in [-0.3, -0.25) is 34.8 Å². The number of carbonyl (C=O) groups excluding carboxylic acids is 5. The molecule has 2 rings (SSSR count). The fraction of sp³-hybridized carbons (Fsp3) is 0.414. The van der Waals surface area contributed by atoms with Crippen molar-refractivity contribution in [2.45, 2.75) is 51.2 Å². The third-order valence-electron chi connectivity index (χ3n) is 6.53. The largest absolute Gasteiger partial charge is 0.508 e. The number of nitrogens with two attached hydrogens (primary N) is 2. The summed E-state index contributed by atoms with van der Waals surface area (Å²) in [5.41, 5.74) is 17.9. The van der Waals surface area contributed by atoms with Crippen molar-refractivity contribution < 1.29 is 29.1 Å². The maximum atomic E-state index is 14.0. The number of benzene rings is 2. The highest BCUT2D eigenvalue weighted by molar-refractivity contribution is 7.98. The molecule has 0 radical (unpaired) electrons. The monoisotopic (exact) mass is 600 g/mol. The number of nitrogens with one attached hydrogen (secondary N) is 3. The Kier molecular flexibility index (Phi) is 14.0. The van der Waals surface area contributed by atoms with E-state index in [1.165, 1.54) is 35.7 Å². The normalized spacial score (nSPS) is 12.9. The Bertz CT molecular complexity index is 1240. The van der Waals surface area contributed by atoms with Gasteiger partial charge in [-0.05, 0) is 55.0 Å². The molecule has 3 atom stereocenters. The molecular weight excluding hydrogens is 560 g/mol. The molecular formula is C29H40N6O6S. The fourth-order valence-electron chi connectivity index (χ4n) is 4.35. The van der Waals surface area contributed by atoms with Gasteiger partial charge < -0.3 is 26.8 Å². The molecule has 2 aromatic carbocycles. The molecule has 0 spiro atoms. The Balaban J connectivity index is 2.36. The molecule has 0 aliphatic carbocycles. The number of amides is 4. The van der Waals surface area contributed by atoms with Gasteiger partial charge in [0.05, 0.1) is 12.6 Å². The lowest BCUT2D eigenvalue weighted by Crippen LogP contribution is -2.59. The summed E-state index contributed by atoms with van der Waals surface area (Å²) in [6.45, 7) is 2.78. The fourth-order valence-corrected chi connectivity index (χ4v) is 4.82. The first-order valence-electron chi connectivity index (χ1n) is 13.5. The number of hydrogen-bond donors (Lipinski definition) is 6. The highest BCUT2D eigenvalue weighted by atomic mass is 32.2. The van der Waals surface area contributed by atoms with E-state index in [9.17, 15) is 29.1 Å². The van der Waals surface area contributed by atoms with Crippen molar-refractivity contribution >= 4 is 41.2 Å². The molecule has 0 aromatic heterocycles. The highest BCUT2D eigenvalue weighted by Gasteiger charge is 2.35. The lowest BCUT2D eigenvalue weighted by Gasteiger charge is -2.34. The Morgan fingerprint density at radius 3 is 2.24 bits per heavy atom. The average Bonchev–Trinajstić information content (AvgIpc) is 2.98. The first-order chi connectivity index (χ1) is 20.0. The van der Waals surface area contributed by atoms with Gasteiger partial charge in [-0.15, -0.1) is 0 Å². The number of nitrogens with zero attached hydrogens (tertiary/aromatic N) is 1. The van der Waals surface area contributed by atoms with Gasteiger partial charge >= 0.3 is 0 Å². The number of rotatable bonds is 15. The second kappa shape index (κ2) is 17.1. The Morgan fingerprint density at radius 2 is 1.64 bits per heavy atom. The molecule has 0 heterocycles. The molecule has 228 valence electrons. The van der Waals surface area contributed by atoms with Crippen molar-refractivity contribution in [2.24, 2.45) is 11.5 Å². The van der Waals surface area contributed by atoms with Crippen LogP contribution < -0.4 is 27.6 Å². The van der Waals surface area contributed by atoms with Gasteiger partial charge in [0.25, 0.3) is 5.91 Å². The van der Waals surface area contributed by atoms with E-state index < -0.39 is 41.8 Å². The summed E-state index contributed by atoms with van der Waals surface area (Å²) in [6, 6.07) is 9.86. The number of hydrazine groups is 1. The van der Waals surface area contributed by atoms with E-state index in [-0.39, 0.29) is 43.9 Å². The van der Waals surface area contributed by atoms with Crippen LogP contribution in [0, 0.1) is 0 Å². The van der Waals surface area contributed by atoms with Crippen LogP contribution in [0.2, 0.25) is 0 Å². The average molecular weight is 601 g/mol. The Morgan fingerprint density at radius 1 is 0.976 bits per heavy atom. The zero-order valence-corrected chi connectivity index (χ0v) is 24.9. The van der Waals surface area contributed by atoms with Crippen molar-refractivity contribution in [1.82, 2.24) is 21.1 Å². The summed E-state index contributed by atoms with van der Waals surface area (Å²) in [5.74, 6) is -1.94. The van der Waals surface area contributed by atoms with Gasteiger partial charge in [-0.1, -0.05) is 36.4 Å². The number of thioether (sulfide) groups is 1. The van der Waals surface area contributed by atoms with Crippen LogP contribution in [0.4, 0.5) is 0 Å². The first kappa shape index (κ1) is 34.3. The molecule has 0 bridgehead atoms. The molecule has 0 saturated heterocycles. The van der Waals surface area contributed by atoms with Crippen molar-refractivity contribution in [3.05, 3.63) is 65.2 Å². The smallest absolute Gasteiger partial charge is 0.261 e. The maximum Gasteiger partial charge on any atom is 0.261 e.